The Morgan fingerprint density at radius 3 is 2.48 bits per heavy atom. The standard InChI is InChI=1S/C18H19F3N4O2/c1-23-16(26)14-4-2-3-13(9-14)11-25-17(22)24-10-12-5-7-15(8-6-12)27-18(19,20)21/h2-9H,10-11H2,1H3,(H,23,26)(H3,22,24,25). The fourth-order valence-corrected chi connectivity index (χ4v) is 2.19. The van der Waals surface area contributed by atoms with Gasteiger partial charge in [0, 0.05) is 19.2 Å². The van der Waals surface area contributed by atoms with E-state index in [9.17, 15) is 18.0 Å². The molecule has 0 radical (unpaired) electrons. The van der Waals surface area contributed by atoms with Crippen molar-refractivity contribution in [2.75, 3.05) is 7.05 Å². The molecule has 0 spiro atoms. The van der Waals surface area contributed by atoms with Crippen LogP contribution in [0.1, 0.15) is 21.5 Å². The van der Waals surface area contributed by atoms with E-state index >= 15 is 0 Å². The van der Waals surface area contributed by atoms with E-state index in [1.807, 2.05) is 6.07 Å². The number of ether oxygens (including phenoxy) is 1. The van der Waals surface area contributed by atoms with Gasteiger partial charge in [0.25, 0.3) is 5.91 Å². The molecule has 2 rings (SSSR count). The molecule has 4 N–H and O–H groups in total. The predicted octanol–water partition coefficient (Wildman–Crippen LogP) is 2.55. The van der Waals surface area contributed by atoms with Gasteiger partial charge in [-0.2, -0.15) is 0 Å². The van der Waals surface area contributed by atoms with Crippen molar-refractivity contribution in [1.29, 1.82) is 0 Å². The predicted molar refractivity (Wildman–Crippen MR) is 95.1 cm³/mol. The molecule has 27 heavy (non-hydrogen) atoms. The zero-order valence-electron chi connectivity index (χ0n) is 14.5. The van der Waals surface area contributed by atoms with E-state index in [-0.39, 0.29) is 24.2 Å². The molecule has 0 aliphatic rings. The van der Waals surface area contributed by atoms with Gasteiger partial charge in [-0.05, 0) is 35.4 Å². The highest BCUT2D eigenvalue weighted by molar-refractivity contribution is 5.94. The highest BCUT2D eigenvalue weighted by Gasteiger charge is 2.30. The largest absolute Gasteiger partial charge is 0.573 e. The van der Waals surface area contributed by atoms with Gasteiger partial charge in [0.05, 0.1) is 6.54 Å². The Kier molecular flexibility index (Phi) is 6.64. The summed E-state index contributed by atoms with van der Waals surface area (Å²) in [6.45, 7) is 0.571. The van der Waals surface area contributed by atoms with E-state index in [4.69, 9.17) is 5.73 Å². The van der Waals surface area contributed by atoms with Crippen LogP contribution >= 0.6 is 0 Å². The normalized spacial score (nSPS) is 11.8. The van der Waals surface area contributed by atoms with E-state index in [1.54, 1.807) is 25.2 Å². The molecular formula is C18H19F3N4O2. The fraction of sp³-hybridized carbons (Fsp3) is 0.222. The van der Waals surface area contributed by atoms with Crippen molar-refractivity contribution in [3.05, 3.63) is 65.2 Å². The smallest absolute Gasteiger partial charge is 0.406 e. The molecule has 0 fully saturated rings. The lowest BCUT2D eigenvalue weighted by Crippen LogP contribution is -2.31. The molecular weight excluding hydrogens is 361 g/mol. The lowest BCUT2D eigenvalue weighted by Gasteiger charge is -2.10. The number of rotatable bonds is 6. The number of amides is 1. The van der Waals surface area contributed by atoms with Crippen LogP contribution in [-0.4, -0.2) is 25.3 Å². The van der Waals surface area contributed by atoms with E-state index in [2.05, 4.69) is 20.4 Å². The molecule has 0 aliphatic carbocycles. The summed E-state index contributed by atoms with van der Waals surface area (Å²) in [5.74, 6) is -0.301. The highest BCUT2D eigenvalue weighted by Crippen LogP contribution is 2.22. The topological polar surface area (TPSA) is 88.7 Å². The van der Waals surface area contributed by atoms with Crippen LogP contribution in [0.5, 0.6) is 5.75 Å². The molecule has 0 aromatic heterocycles. The van der Waals surface area contributed by atoms with Gasteiger partial charge in [-0.3, -0.25) is 4.79 Å². The SMILES string of the molecule is CNC(=O)c1cccc(CN=C(N)NCc2ccc(OC(F)(F)F)cc2)c1. The molecule has 2 aromatic carbocycles. The summed E-state index contributed by atoms with van der Waals surface area (Å²) in [5, 5.41) is 5.42. The highest BCUT2D eigenvalue weighted by atomic mass is 19.4. The van der Waals surface area contributed by atoms with Crippen LogP contribution in [0.25, 0.3) is 0 Å². The number of benzene rings is 2. The Bertz CT molecular complexity index is 805. The van der Waals surface area contributed by atoms with Crippen LogP contribution < -0.4 is 21.1 Å². The first-order valence-electron chi connectivity index (χ1n) is 7.96. The molecule has 0 heterocycles. The monoisotopic (exact) mass is 380 g/mol. The lowest BCUT2D eigenvalue weighted by atomic mass is 10.1. The number of carbonyl (C=O) groups is 1. The van der Waals surface area contributed by atoms with Crippen molar-refractivity contribution >= 4 is 11.9 Å². The number of aliphatic imine (C=N–C) groups is 1. The maximum atomic E-state index is 12.1. The summed E-state index contributed by atoms with van der Waals surface area (Å²) in [7, 11) is 1.55. The van der Waals surface area contributed by atoms with Gasteiger partial charge in [0.15, 0.2) is 5.96 Å². The number of nitrogens with one attached hydrogen (secondary N) is 2. The van der Waals surface area contributed by atoms with E-state index < -0.39 is 6.36 Å². The summed E-state index contributed by atoms with van der Waals surface area (Å²) in [6, 6.07) is 12.4. The zero-order chi connectivity index (χ0) is 19.9. The van der Waals surface area contributed by atoms with Gasteiger partial charge in [-0.15, -0.1) is 13.2 Å². The number of alkyl halides is 3. The average molecular weight is 380 g/mol. The summed E-state index contributed by atoms with van der Waals surface area (Å²) in [6.07, 6.45) is -4.72. The third kappa shape index (κ3) is 6.89. The second-order valence-corrected chi connectivity index (χ2v) is 5.53. The first kappa shape index (κ1) is 20.1. The van der Waals surface area contributed by atoms with Crippen LogP contribution in [0.15, 0.2) is 53.5 Å². The summed E-state index contributed by atoms with van der Waals surface area (Å²) >= 11 is 0. The third-order valence-corrected chi connectivity index (χ3v) is 3.48. The second kappa shape index (κ2) is 8.93. The first-order valence-corrected chi connectivity index (χ1v) is 7.96. The summed E-state index contributed by atoms with van der Waals surface area (Å²) in [4.78, 5) is 15.8. The number of halogens is 3. The van der Waals surface area contributed by atoms with Crippen LogP contribution in [0.4, 0.5) is 13.2 Å². The third-order valence-electron chi connectivity index (χ3n) is 3.48. The Morgan fingerprint density at radius 1 is 1.15 bits per heavy atom. The van der Waals surface area contributed by atoms with Crippen LogP contribution in [0.2, 0.25) is 0 Å². The van der Waals surface area contributed by atoms with Gasteiger partial charge < -0.3 is 21.1 Å². The molecule has 2 aromatic rings. The Hall–Kier alpha value is -3.23. The van der Waals surface area contributed by atoms with Crippen LogP contribution in [-0.2, 0) is 13.1 Å². The van der Waals surface area contributed by atoms with E-state index in [0.29, 0.717) is 17.7 Å². The molecule has 9 heteroatoms. The van der Waals surface area contributed by atoms with E-state index in [0.717, 1.165) is 5.56 Å². The number of hydrogen-bond donors (Lipinski definition) is 3. The average Bonchev–Trinajstić information content (AvgIpc) is 2.64. The number of guanidine groups is 1. The number of carbonyl (C=O) groups excluding carboxylic acids is 1. The van der Waals surface area contributed by atoms with Gasteiger partial charge >= 0.3 is 6.36 Å². The number of nitrogens with zero attached hydrogens (tertiary/aromatic N) is 1. The van der Waals surface area contributed by atoms with Crippen molar-refractivity contribution in [3.63, 3.8) is 0 Å². The van der Waals surface area contributed by atoms with Gasteiger partial charge in [0.2, 0.25) is 0 Å². The van der Waals surface area contributed by atoms with Crippen molar-refractivity contribution < 1.29 is 22.7 Å². The molecule has 0 bridgehead atoms. The Morgan fingerprint density at radius 2 is 1.85 bits per heavy atom. The molecule has 0 aliphatic heterocycles. The van der Waals surface area contributed by atoms with Crippen molar-refractivity contribution in [2.45, 2.75) is 19.5 Å². The minimum Gasteiger partial charge on any atom is -0.406 e. The fourth-order valence-electron chi connectivity index (χ4n) is 2.19. The van der Waals surface area contributed by atoms with Crippen LogP contribution in [0, 0.1) is 0 Å². The van der Waals surface area contributed by atoms with Crippen molar-refractivity contribution in [1.82, 2.24) is 10.6 Å². The maximum Gasteiger partial charge on any atom is 0.573 e. The van der Waals surface area contributed by atoms with Crippen molar-refractivity contribution in [2.24, 2.45) is 10.7 Å². The molecule has 0 unspecified atom stereocenters. The van der Waals surface area contributed by atoms with Gasteiger partial charge in [-0.25, -0.2) is 4.99 Å². The maximum absolute atomic E-state index is 12.1. The summed E-state index contributed by atoms with van der Waals surface area (Å²) in [5.41, 5.74) is 7.85. The second-order valence-electron chi connectivity index (χ2n) is 5.53. The minimum absolute atomic E-state index is 0.177. The molecule has 144 valence electrons. The number of hydrogen-bond acceptors (Lipinski definition) is 3. The molecule has 0 saturated carbocycles. The zero-order valence-corrected chi connectivity index (χ0v) is 14.5. The Labute approximate surface area is 154 Å². The van der Waals surface area contributed by atoms with Crippen molar-refractivity contribution in [3.8, 4) is 5.75 Å². The van der Waals surface area contributed by atoms with Gasteiger partial charge in [0.1, 0.15) is 5.75 Å². The quantitative estimate of drug-likeness (QED) is 0.531. The lowest BCUT2D eigenvalue weighted by molar-refractivity contribution is -0.274. The molecule has 0 saturated heterocycles. The molecule has 0 atom stereocenters. The Balaban J connectivity index is 1.88. The summed E-state index contributed by atoms with van der Waals surface area (Å²) < 4.78 is 40.2. The van der Waals surface area contributed by atoms with Crippen LogP contribution in [0.3, 0.4) is 0 Å². The minimum atomic E-state index is -4.72. The molecule has 1 amide bonds. The number of nitrogens with two attached hydrogens (primary N) is 1. The van der Waals surface area contributed by atoms with Gasteiger partial charge in [-0.1, -0.05) is 24.3 Å². The molecule has 6 nitrogen and oxygen atoms in total. The first-order chi connectivity index (χ1) is 12.8. The van der Waals surface area contributed by atoms with E-state index in [1.165, 1.54) is 24.3 Å².